The number of carbonyl (C=O) groups excluding carboxylic acids is 1. The molecule has 0 aliphatic rings. The van der Waals surface area contributed by atoms with E-state index < -0.39 is 0 Å². The second-order valence-corrected chi connectivity index (χ2v) is 3.73. The molecule has 16 heavy (non-hydrogen) atoms. The summed E-state index contributed by atoms with van der Waals surface area (Å²) in [6.07, 6.45) is 0. The van der Waals surface area contributed by atoms with E-state index in [0.29, 0.717) is 6.54 Å². The zero-order valence-electron chi connectivity index (χ0n) is 9.40. The molecule has 0 saturated carbocycles. The van der Waals surface area contributed by atoms with Crippen LogP contribution in [0.1, 0.15) is 12.5 Å². The Bertz CT molecular complexity index is 370. The maximum absolute atomic E-state index is 12.9. The molecule has 88 valence electrons. The molecule has 1 aromatic carbocycles. The van der Waals surface area contributed by atoms with Gasteiger partial charge in [-0.2, -0.15) is 0 Å². The van der Waals surface area contributed by atoms with Gasteiger partial charge in [0, 0.05) is 6.54 Å². The number of nitrogens with zero attached hydrogens (tertiary/aromatic N) is 1. The van der Waals surface area contributed by atoms with Crippen LogP contribution >= 0.6 is 0 Å². The summed E-state index contributed by atoms with van der Waals surface area (Å²) in [5.41, 5.74) is 2.91. The molecule has 1 atom stereocenters. The van der Waals surface area contributed by atoms with Crippen molar-refractivity contribution in [2.45, 2.75) is 19.5 Å². The Morgan fingerprint density at radius 1 is 1.62 bits per heavy atom. The predicted octanol–water partition coefficient (Wildman–Crippen LogP) is 0.636. The van der Waals surface area contributed by atoms with Crippen LogP contribution in [0.25, 0.3) is 0 Å². The average molecular weight is 225 g/mol. The van der Waals surface area contributed by atoms with Gasteiger partial charge in [0.25, 0.3) is 5.91 Å². The Morgan fingerprint density at radius 3 is 2.88 bits per heavy atom. The zero-order valence-corrected chi connectivity index (χ0v) is 9.40. The van der Waals surface area contributed by atoms with Crippen LogP contribution in [0.5, 0.6) is 0 Å². The van der Waals surface area contributed by atoms with Crippen LogP contribution in [0.15, 0.2) is 24.3 Å². The molecule has 0 aliphatic heterocycles. The second-order valence-electron chi connectivity index (χ2n) is 3.73. The van der Waals surface area contributed by atoms with Gasteiger partial charge in [-0.15, -0.1) is 0 Å². The lowest BCUT2D eigenvalue weighted by molar-refractivity contribution is -0.125. The fraction of sp³-hybridized carbons (Fsp3) is 0.364. The van der Waals surface area contributed by atoms with Crippen molar-refractivity contribution < 1.29 is 9.18 Å². The first-order valence-corrected chi connectivity index (χ1v) is 4.99. The van der Waals surface area contributed by atoms with Crippen molar-refractivity contribution >= 4 is 5.91 Å². The van der Waals surface area contributed by atoms with E-state index >= 15 is 0 Å². The second kappa shape index (κ2) is 5.58. The van der Waals surface area contributed by atoms with Gasteiger partial charge in [0.05, 0.1) is 6.04 Å². The smallest absolute Gasteiger partial charge is 0.250 e. The van der Waals surface area contributed by atoms with Gasteiger partial charge in [-0.25, -0.2) is 10.2 Å². The van der Waals surface area contributed by atoms with E-state index in [9.17, 15) is 9.18 Å². The van der Waals surface area contributed by atoms with Gasteiger partial charge < -0.3 is 0 Å². The first kappa shape index (κ1) is 12.6. The van der Waals surface area contributed by atoms with Gasteiger partial charge in [0.15, 0.2) is 0 Å². The highest BCUT2D eigenvalue weighted by atomic mass is 19.1. The molecule has 1 unspecified atom stereocenters. The molecule has 4 nitrogen and oxygen atoms in total. The minimum absolute atomic E-state index is 0.265. The summed E-state index contributed by atoms with van der Waals surface area (Å²) in [6, 6.07) is 5.94. The fourth-order valence-electron chi connectivity index (χ4n) is 1.38. The standard InChI is InChI=1S/C11H16FN3O/c1-8(11(16)14-13)15(2)7-9-4-3-5-10(12)6-9/h3-6,8H,7,13H2,1-2H3,(H,14,16). The summed E-state index contributed by atoms with van der Waals surface area (Å²) in [7, 11) is 1.78. The highest BCUT2D eigenvalue weighted by Gasteiger charge is 2.16. The van der Waals surface area contributed by atoms with Gasteiger partial charge in [0.1, 0.15) is 5.82 Å². The minimum atomic E-state index is -0.353. The average Bonchev–Trinajstić information content (AvgIpc) is 2.27. The molecule has 0 heterocycles. The van der Waals surface area contributed by atoms with Gasteiger partial charge >= 0.3 is 0 Å². The van der Waals surface area contributed by atoms with E-state index in [-0.39, 0.29) is 17.8 Å². The molecule has 0 radical (unpaired) electrons. The number of hydrogen-bond acceptors (Lipinski definition) is 3. The van der Waals surface area contributed by atoms with Crippen molar-refractivity contribution in [3.8, 4) is 0 Å². The lowest BCUT2D eigenvalue weighted by Crippen LogP contribution is -2.45. The molecule has 1 aromatic rings. The molecule has 0 bridgehead atoms. The first-order chi connectivity index (χ1) is 7.54. The number of hydrazine groups is 1. The highest BCUT2D eigenvalue weighted by molar-refractivity contribution is 5.80. The predicted molar refractivity (Wildman–Crippen MR) is 59.7 cm³/mol. The number of nitrogens with one attached hydrogen (secondary N) is 1. The lowest BCUT2D eigenvalue weighted by Gasteiger charge is -2.22. The van der Waals surface area contributed by atoms with Crippen molar-refractivity contribution in [3.05, 3.63) is 35.6 Å². The van der Waals surface area contributed by atoms with Gasteiger partial charge in [-0.1, -0.05) is 12.1 Å². The third kappa shape index (κ3) is 3.29. The summed E-state index contributed by atoms with van der Waals surface area (Å²) in [5.74, 6) is 4.50. The van der Waals surface area contributed by atoms with E-state index in [4.69, 9.17) is 5.84 Å². The molecule has 0 spiro atoms. The van der Waals surface area contributed by atoms with Gasteiger partial charge in [-0.3, -0.25) is 15.1 Å². The first-order valence-electron chi connectivity index (χ1n) is 4.99. The quantitative estimate of drug-likeness (QED) is 0.449. The molecule has 1 amide bonds. The normalized spacial score (nSPS) is 12.6. The van der Waals surface area contributed by atoms with E-state index in [2.05, 4.69) is 5.43 Å². The van der Waals surface area contributed by atoms with Gasteiger partial charge in [-0.05, 0) is 31.7 Å². The van der Waals surface area contributed by atoms with Crippen LogP contribution in [-0.2, 0) is 11.3 Å². The molecule has 5 heteroatoms. The number of likely N-dealkylation sites (N-methyl/N-ethyl adjacent to an activating group) is 1. The molecular formula is C11H16FN3O. The van der Waals surface area contributed by atoms with Crippen molar-refractivity contribution in [2.75, 3.05) is 7.05 Å². The molecular weight excluding hydrogens is 209 g/mol. The number of nitrogens with two attached hydrogens (primary N) is 1. The van der Waals surface area contributed by atoms with Crippen LogP contribution in [0, 0.1) is 5.82 Å². The Kier molecular flexibility index (Phi) is 4.39. The summed E-state index contributed by atoms with van der Waals surface area (Å²) < 4.78 is 12.9. The fourth-order valence-corrected chi connectivity index (χ4v) is 1.38. The van der Waals surface area contributed by atoms with E-state index in [0.717, 1.165) is 5.56 Å². The van der Waals surface area contributed by atoms with Crippen molar-refractivity contribution in [3.63, 3.8) is 0 Å². The molecule has 0 fully saturated rings. The van der Waals surface area contributed by atoms with Gasteiger partial charge in [0.2, 0.25) is 0 Å². The van der Waals surface area contributed by atoms with Crippen LogP contribution in [0.4, 0.5) is 4.39 Å². The number of rotatable bonds is 4. The maximum atomic E-state index is 12.9. The van der Waals surface area contributed by atoms with Crippen molar-refractivity contribution in [1.82, 2.24) is 10.3 Å². The number of amides is 1. The third-order valence-electron chi connectivity index (χ3n) is 2.50. The molecule has 0 aromatic heterocycles. The Labute approximate surface area is 94.2 Å². The summed E-state index contributed by atoms with van der Waals surface area (Å²) in [5, 5.41) is 0. The van der Waals surface area contributed by atoms with Crippen LogP contribution < -0.4 is 11.3 Å². The molecule has 0 saturated heterocycles. The lowest BCUT2D eigenvalue weighted by atomic mass is 10.2. The Hall–Kier alpha value is -1.46. The Balaban J connectivity index is 2.64. The Morgan fingerprint density at radius 2 is 2.31 bits per heavy atom. The number of benzene rings is 1. The van der Waals surface area contributed by atoms with Crippen LogP contribution in [0.3, 0.4) is 0 Å². The maximum Gasteiger partial charge on any atom is 0.250 e. The monoisotopic (exact) mass is 225 g/mol. The topological polar surface area (TPSA) is 58.4 Å². The zero-order chi connectivity index (χ0) is 12.1. The largest absolute Gasteiger partial charge is 0.293 e. The number of carbonyl (C=O) groups is 1. The molecule has 3 N–H and O–H groups in total. The van der Waals surface area contributed by atoms with E-state index in [1.165, 1.54) is 12.1 Å². The van der Waals surface area contributed by atoms with Crippen LogP contribution in [-0.4, -0.2) is 23.9 Å². The third-order valence-corrected chi connectivity index (χ3v) is 2.50. The summed E-state index contributed by atoms with van der Waals surface area (Å²) in [6.45, 7) is 2.23. The minimum Gasteiger partial charge on any atom is -0.293 e. The van der Waals surface area contributed by atoms with Crippen molar-refractivity contribution in [2.24, 2.45) is 5.84 Å². The number of hydrogen-bond donors (Lipinski definition) is 2. The van der Waals surface area contributed by atoms with Crippen molar-refractivity contribution in [1.29, 1.82) is 0 Å². The van der Waals surface area contributed by atoms with E-state index in [1.54, 1.807) is 24.9 Å². The highest BCUT2D eigenvalue weighted by Crippen LogP contribution is 2.08. The van der Waals surface area contributed by atoms with E-state index in [1.807, 2.05) is 6.07 Å². The summed E-state index contributed by atoms with van der Waals surface area (Å²) in [4.78, 5) is 13.0. The summed E-state index contributed by atoms with van der Waals surface area (Å²) >= 11 is 0. The van der Waals surface area contributed by atoms with Crippen LogP contribution in [0.2, 0.25) is 0 Å². The molecule has 0 aliphatic carbocycles. The molecule has 1 rings (SSSR count). The number of halogens is 1. The SMILES string of the molecule is CC(C(=O)NN)N(C)Cc1cccc(F)c1.